The summed E-state index contributed by atoms with van der Waals surface area (Å²) in [7, 11) is 0. The molecule has 4 aliphatic rings. The van der Waals surface area contributed by atoms with Crippen molar-refractivity contribution in [2.24, 2.45) is 10.8 Å². The highest BCUT2D eigenvalue weighted by Gasteiger charge is 2.64. The molecule has 58 heavy (non-hydrogen) atoms. The molecule has 3 aliphatic heterocycles. The summed E-state index contributed by atoms with van der Waals surface area (Å²) in [6, 6.07) is 12.6. The van der Waals surface area contributed by atoms with Crippen molar-refractivity contribution in [3.05, 3.63) is 87.4 Å². The van der Waals surface area contributed by atoms with E-state index in [1.165, 1.54) is 12.1 Å². The van der Waals surface area contributed by atoms with Crippen LogP contribution in [0.25, 0.3) is 0 Å². The summed E-state index contributed by atoms with van der Waals surface area (Å²) in [6.45, 7) is 11.0. The topological polar surface area (TPSA) is 165 Å². The third-order valence-electron chi connectivity index (χ3n) is 11.9. The molecular weight excluding hydrogens is 774 g/mol. The highest BCUT2D eigenvalue weighted by Crippen LogP contribution is 2.55. The molecule has 3 aromatic rings. The molecule has 3 fully saturated rings. The number of ether oxygens (including phenoxy) is 2. The third kappa shape index (κ3) is 7.56. The molecule has 2 saturated heterocycles. The number of nitrogens with zero attached hydrogens (tertiary/aromatic N) is 4. The molecule has 306 valence electrons. The molecule has 1 saturated carbocycles. The van der Waals surface area contributed by atoms with Crippen molar-refractivity contribution < 1.29 is 42.5 Å². The lowest BCUT2D eigenvalue weighted by Crippen LogP contribution is -2.74. The van der Waals surface area contributed by atoms with Gasteiger partial charge in [-0.15, -0.1) is 0 Å². The molecule has 13 nitrogen and oxygen atoms in total. The summed E-state index contributed by atoms with van der Waals surface area (Å²) in [4.78, 5) is 55.5. The number of amides is 4. The van der Waals surface area contributed by atoms with Gasteiger partial charge in [-0.3, -0.25) is 34.3 Å². The highest BCUT2D eigenvalue weighted by molar-refractivity contribution is 6.31. The number of anilines is 1. The van der Waals surface area contributed by atoms with Crippen LogP contribution in [0.5, 0.6) is 11.5 Å². The Morgan fingerprint density at radius 1 is 1.00 bits per heavy atom. The van der Waals surface area contributed by atoms with E-state index < -0.39 is 70.0 Å². The minimum absolute atomic E-state index is 0.0787. The summed E-state index contributed by atoms with van der Waals surface area (Å²) >= 11 is 6.20. The number of hydrogen-bond donors (Lipinski definition) is 3. The van der Waals surface area contributed by atoms with E-state index in [2.05, 4.69) is 15.5 Å². The maximum atomic E-state index is 15.5. The van der Waals surface area contributed by atoms with Crippen LogP contribution in [0.2, 0.25) is 5.02 Å². The van der Waals surface area contributed by atoms with Crippen LogP contribution in [-0.2, 0) is 9.59 Å². The second-order valence-corrected chi connectivity index (χ2v) is 16.8. The monoisotopic (exact) mass is 818 g/mol. The fourth-order valence-corrected chi connectivity index (χ4v) is 9.38. The number of fused-ring (bicyclic) bond motifs is 1. The van der Waals surface area contributed by atoms with Crippen LogP contribution in [0.15, 0.2) is 48.5 Å². The van der Waals surface area contributed by atoms with Gasteiger partial charge < -0.3 is 24.8 Å². The van der Waals surface area contributed by atoms with Gasteiger partial charge in [0.15, 0.2) is 6.23 Å². The molecule has 3 heterocycles. The zero-order valence-corrected chi connectivity index (χ0v) is 33.4. The first-order valence-electron chi connectivity index (χ1n) is 19.3. The minimum Gasteiger partial charge on any atom is -0.494 e. The number of hydrogen-bond acceptors (Lipinski definition) is 10. The molecule has 0 radical (unpaired) electrons. The Kier molecular flexibility index (Phi) is 11.1. The fourth-order valence-electron chi connectivity index (χ4n) is 9.16. The molecule has 0 bridgehead atoms. The summed E-state index contributed by atoms with van der Waals surface area (Å²) < 4.78 is 43.3. The Morgan fingerprint density at radius 2 is 1.67 bits per heavy atom. The Labute approximate surface area is 339 Å². The van der Waals surface area contributed by atoms with Crippen molar-refractivity contribution in [1.29, 1.82) is 5.26 Å². The van der Waals surface area contributed by atoms with E-state index in [0.717, 1.165) is 4.90 Å². The number of rotatable bonds is 11. The van der Waals surface area contributed by atoms with Crippen LogP contribution in [-0.4, -0.2) is 96.1 Å². The van der Waals surface area contributed by atoms with E-state index in [-0.39, 0.29) is 29.5 Å². The largest absolute Gasteiger partial charge is 0.494 e. The highest BCUT2D eigenvalue weighted by atomic mass is 35.5. The number of halogens is 3. The SMILES string of the molecule is CC1(C)[C@H](NC(=O)c2c(F)cc(N3CCN(CCCOc4ccc5c(c4)C(O)N(C4CCC(=O)NC4=O)C5=O)CC3)cc2F)C(C)(C)[C@H]1Oc1ccc(C#N)c(Cl)c1. The minimum atomic E-state index is -1.34. The zero-order chi connectivity index (χ0) is 41.7. The number of carbonyl (C=O) groups is 4. The molecule has 1 aliphatic carbocycles. The van der Waals surface area contributed by atoms with Crippen LogP contribution >= 0.6 is 11.6 Å². The van der Waals surface area contributed by atoms with Gasteiger partial charge >= 0.3 is 0 Å². The van der Waals surface area contributed by atoms with Gasteiger partial charge in [0.1, 0.15) is 46.9 Å². The second-order valence-electron chi connectivity index (χ2n) is 16.4. The Morgan fingerprint density at radius 3 is 2.31 bits per heavy atom. The van der Waals surface area contributed by atoms with E-state index in [0.29, 0.717) is 74.1 Å². The van der Waals surface area contributed by atoms with Gasteiger partial charge in [-0.25, -0.2) is 8.78 Å². The Bertz CT molecular complexity index is 2170. The lowest BCUT2D eigenvalue weighted by atomic mass is 9.49. The summed E-state index contributed by atoms with van der Waals surface area (Å²) in [5, 5.41) is 25.5. The van der Waals surface area contributed by atoms with E-state index in [1.807, 2.05) is 38.7 Å². The molecule has 4 amide bonds. The van der Waals surface area contributed by atoms with E-state index in [1.54, 1.807) is 36.4 Å². The van der Waals surface area contributed by atoms with Gasteiger partial charge in [-0.2, -0.15) is 5.26 Å². The number of aliphatic hydroxyl groups is 1. The zero-order valence-electron chi connectivity index (χ0n) is 32.6. The number of nitrogens with one attached hydrogen (secondary N) is 2. The average Bonchev–Trinajstić information content (AvgIpc) is 3.42. The molecule has 7 rings (SSSR count). The molecule has 16 heteroatoms. The number of piperazine rings is 1. The van der Waals surface area contributed by atoms with Crippen molar-refractivity contribution in [3.63, 3.8) is 0 Å². The van der Waals surface area contributed by atoms with Crippen LogP contribution in [0, 0.1) is 33.8 Å². The smallest absolute Gasteiger partial charge is 0.257 e. The maximum Gasteiger partial charge on any atom is 0.257 e. The fraction of sp³-hybridized carbons (Fsp3) is 0.452. The van der Waals surface area contributed by atoms with Crippen molar-refractivity contribution in [3.8, 4) is 17.6 Å². The van der Waals surface area contributed by atoms with Crippen LogP contribution < -0.4 is 25.0 Å². The van der Waals surface area contributed by atoms with E-state index in [9.17, 15) is 29.5 Å². The first-order valence-corrected chi connectivity index (χ1v) is 19.6. The normalized spacial score (nSPS) is 23.7. The van der Waals surface area contributed by atoms with Gasteiger partial charge in [0.25, 0.3) is 11.8 Å². The average molecular weight is 819 g/mol. The molecule has 3 aromatic carbocycles. The second kappa shape index (κ2) is 15.8. The first-order chi connectivity index (χ1) is 27.5. The molecule has 2 atom stereocenters. The number of aliphatic hydroxyl groups excluding tert-OH is 1. The lowest BCUT2D eigenvalue weighted by Gasteiger charge is -2.63. The molecule has 3 N–H and O–H groups in total. The first kappa shape index (κ1) is 40.9. The Balaban J connectivity index is 0.881. The van der Waals surface area contributed by atoms with E-state index >= 15 is 8.78 Å². The molecule has 0 aromatic heterocycles. The van der Waals surface area contributed by atoms with E-state index in [4.69, 9.17) is 21.1 Å². The van der Waals surface area contributed by atoms with Crippen LogP contribution in [0.4, 0.5) is 14.5 Å². The lowest BCUT2D eigenvalue weighted by molar-refractivity contribution is -0.164. The van der Waals surface area contributed by atoms with Crippen molar-refractivity contribution in [1.82, 2.24) is 20.4 Å². The van der Waals surface area contributed by atoms with Crippen molar-refractivity contribution in [2.75, 3.05) is 44.2 Å². The maximum absolute atomic E-state index is 15.5. The Hall–Kier alpha value is -5.30. The number of carbonyl (C=O) groups excluding carboxylic acids is 4. The molecular formula is C42H45ClF2N6O7. The number of imide groups is 1. The molecule has 0 spiro atoms. The number of piperidine rings is 1. The third-order valence-corrected chi connectivity index (χ3v) is 12.2. The summed E-state index contributed by atoms with van der Waals surface area (Å²) in [5.74, 6) is -3.32. The predicted octanol–water partition coefficient (Wildman–Crippen LogP) is 4.94. The summed E-state index contributed by atoms with van der Waals surface area (Å²) in [5.41, 5.74) is -0.596. The molecule has 2 unspecified atom stereocenters. The quantitative estimate of drug-likeness (QED) is 0.178. The van der Waals surface area contributed by atoms with Gasteiger partial charge in [-0.05, 0) is 55.3 Å². The van der Waals surface area contributed by atoms with Crippen LogP contribution in [0.3, 0.4) is 0 Å². The van der Waals surface area contributed by atoms with Crippen molar-refractivity contribution >= 4 is 40.9 Å². The van der Waals surface area contributed by atoms with Gasteiger partial charge in [0.2, 0.25) is 11.8 Å². The van der Waals surface area contributed by atoms with Crippen LogP contribution in [0.1, 0.15) is 85.0 Å². The van der Waals surface area contributed by atoms with Gasteiger partial charge in [0.05, 0.1) is 17.2 Å². The summed E-state index contributed by atoms with van der Waals surface area (Å²) in [6.07, 6.45) is -0.845. The van der Waals surface area contributed by atoms with Crippen molar-refractivity contribution in [2.45, 2.75) is 71.4 Å². The predicted molar refractivity (Wildman–Crippen MR) is 208 cm³/mol. The van der Waals surface area contributed by atoms with Gasteiger partial charge in [-0.1, -0.05) is 39.3 Å². The van der Waals surface area contributed by atoms with Gasteiger partial charge in [0, 0.05) is 78.9 Å². The standard InChI is InChI=1S/C42H45ClF2N6O7/c1-41(2)39(42(3,4)40(41)58-26-7-6-23(22-46)29(43)21-26)48-36(54)34-30(44)18-24(19-31(34)45)50-15-13-49(14-16-50)12-5-17-57-25-8-9-27-28(20-25)38(56)51(37(27)55)32-10-11-33(52)47-35(32)53/h6-9,18-21,32,38-40,56H,5,10-17H2,1-4H3,(H,48,54)(H,47,52,53)/t32?,38?,39-,40-. The number of nitriles is 1. The number of benzene rings is 3.